The van der Waals surface area contributed by atoms with Gasteiger partial charge in [-0.05, 0) is 31.4 Å². The number of amides is 2. The van der Waals surface area contributed by atoms with Crippen LogP contribution in [0.4, 0.5) is 0 Å². The molecule has 2 atom stereocenters. The molecule has 132 valence electrons. The first-order valence-electron chi connectivity index (χ1n) is 8.73. The van der Waals surface area contributed by atoms with Crippen LogP contribution >= 0.6 is 0 Å². The third-order valence-electron chi connectivity index (χ3n) is 4.28. The number of hydrogen-bond donors (Lipinski definition) is 2. The average Bonchev–Trinajstić information content (AvgIpc) is 2.63. The van der Waals surface area contributed by atoms with Crippen LogP contribution in [0.3, 0.4) is 0 Å². The Balaban J connectivity index is 2.18. The first-order valence-corrected chi connectivity index (χ1v) is 8.73. The number of hydrogen-bond acceptors (Lipinski definition) is 2. The van der Waals surface area contributed by atoms with Crippen molar-refractivity contribution in [2.24, 2.45) is 0 Å². The molecular weight excluding hydrogens is 312 g/mol. The predicted molar refractivity (Wildman–Crippen MR) is 100 cm³/mol. The normalized spacial score (nSPS) is 13.1. The summed E-state index contributed by atoms with van der Waals surface area (Å²) in [5.74, 6) is -0.784. The SMILES string of the molecule is CCC(C)NC(=O)C(C)NC(=O)C(c1ccccc1)c1ccccc1. The summed E-state index contributed by atoms with van der Waals surface area (Å²) >= 11 is 0. The fraction of sp³-hybridized carbons (Fsp3) is 0.333. The minimum absolute atomic E-state index is 0.0888. The Kier molecular flexibility index (Phi) is 6.75. The van der Waals surface area contributed by atoms with E-state index in [-0.39, 0.29) is 17.9 Å². The summed E-state index contributed by atoms with van der Waals surface area (Å²) in [4.78, 5) is 25.1. The summed E-state index contributed by atoms with van der Waals surface area (Å²) in [5, 5.41) is 5.75. The van der Waals surface area contributed by atoms with Crippen LogP contribution in [0.25, 0.3) is 0 Å². The minimum Gasteiger partial charge on any atom is -0.352 e. The second kappa shape index (κ2) is 9.02. The molecule has 4 heteroatoms. The van der Waals surface area contributed by atoms with Crippen LogP contribution in [0.2, 0.25) is 0 Å². The molecule has 25 heavy (non-hydrogen) atoms. The maximum absolute atomic E-state index is 12.9. The van der Waals surface area contributed by atoms with Crippen LogP contribution in [-0.2, 0) is 9.59 Å². The number of rotatable bonds is 7. The Morgan fingerprint density at radius 3 is 1.72 bits per heavy atom. The quantitative estimate of drug-likeness (QED) is 0.814. The van der Waals surface area contributed by atoms with Crippen molar-refractivity contribution in [2.75, 3.05) is 0 Å². The predicted octanol–water partition coefficient (Wildman–Crippen LogP) is 3.24. The smallest absolute Gasteiger partial charge is 0.242 e. The number of carbonyl (C=O) groups is 2. The van der Waals surface area contributed by atoms with Crippen LogP contribution < -0.4 is 10.6 Å². The fourth-order valence-corrected chi connectivity index (χ4v) is 2.62. The zero-order chi connectivity index (χ0) is 18.2. The second-order valence-corrected chi connectivity index (χ2v) is 6.30. The summed E-state index contributed by atoms with van der Waals surface area (Å²) in [6, 6.07) is 18.7. The van der Waals surface area contributed by atoms with Gasteiger partial charge in [0.15, 0.2) is 0 Å². The standard InChI is InChI=1S/C21H26N2O2/c1-4-15(2)22-20(24)16(3)23-21(25)19(17-11-7-5-8-12-17)18-13-9-6-10-14-18/h5-16,19H,4H2,1-3H3,(H,22,24)(H,23,25). The Bertz CT molecular complexity index is 646. The number of benzene rings is 2. The Morgan fingerprint density at radius 2 is 1.28 bits per heavy atom. The molecule has 0 aliphatic rings. The highest BCUT2D eigenvalue weighted by Crippen LogP contribution is 2.24. The molecule has 0 aromatic heterocycles. The molecule has 2 unspecified atom stereocenters. The summed E-state index contributed by atoms with van der Waals surface area (Å²) in [7, 11) is 0. The van der Waals surface area contributed by atoms with E-state index >= 15 is 0 Å². The molecule has 2 N–H and O–H groups in total. The molecule has 0 aliphatic heterocycles. The Hall–Kier alpha value is -2.62. The number of nitrogens with one attached hydrogen (secondary N) is 2. The lowest BCUT2D eigenvalue weighted by Gasteiger charge is -2.22. The van der Waals surface area contributed by atoms with E-state index in [1.807, 2.05) is 74.5 Å². The van der Waals surface area contributed by atoms with E-state index in [0.29, 0.717) is 0 Å². The molecular formula is C21H26N2O2. The molecule has 0 aliphatic carbocycles. The van der Waals surface area contributed by atoms with E-state index in [2.05, 4.69) is 10.6 Å². The maximum Gasteiger partial charge on any atom is 0.242 e. The van der Waals surface area contributed by atoms with Gasteiger partial charge in [0.2, 0.25) is 11.8 Å². The number of carbonyl (C=O) groups excluding carboxylic acids is 2. The van der Waals surface area contributed by atoms with E-state index in [9.17, 15) is 9.59 Å². The lowest BCUT2D eigenvalue weighted by molar-refractivity contribution is -0.129. The summed E-state index contributed by atoms with van der Waals surface area (Å²) < 4.78 is 0. The molecule has 0 heterocycles. The van der Waals surface area contributed by atoms with Crippen LogP contribution in [-0.4, -0.2) is 23.9 Å². The van der Waals surface area contributed by atoms with Crippen LogP contribution in [0, 0.1) is 0 Å². The lowest BCUT2D eigenvalue weighted by Crippen LogP contribution is -2.48. The van der Waals surface area contributed by atoms with E-state index in [1.165, 1.54) is 0 Å². The highest BCUT2D eigenvalue weighted by Gasteiger charge is 2.25. The van der Waals surface area contributed by atoms with E-state index in [4.69, 9.17) is 0 Å². The first-order chi connectivity index (χ1) is 12.0. The van der Waals surface area contributed by atoms with Crippen molar-refractivity contribution in [2.45, 2.75) is 45.2 Å². The van der Waals surface area contributed by atoms with Crippen molar-refractivity contribution < 1.29 is 9.59 Å². The topological polar surface area (TPSA) is 58.2 Å². The van der Waals surface area contributed by atoms with Gasteiger partial charge in [-0.15, -0.1) is 0 Å². The van der Waals surface area contributed by atoms with Gasteiger partial charge < -0.3 is 10.6 Å². The van der Waals surface area contributed by atoms with Crippen molar-refractivity contribution in [3.8, 4) is 0 Å². The van der Waals surface area contributed by atoms with Crippen LogP contribution in [0.5, 0.6) is 0 Å². The van der Waals surface area contributed by atoms with E-state index < -0.39 is 12.0 Å². The zero-order valence-corrected chi connectivity index (χ0v) is 15.0. The zero-order valence-electron chi connectivity index (χ0n) is 15.0. The monoisotopic (exact) mass is 338 g/mol. The van der Waals surface area contributed by atoms with Crippen molar-refractivity contribution in [3.05, 3.63) is 71.8 Å². The molecule has 2 aromatic rings. The molecule has 2 aromatic carbocycles. The average molecular weight is 338 g/mol. The van der Waals surface area contributed by atoms with Gasteiger partial charge in [0.1, 0.15) is 6.04 Å². The second-order valence-electron chi connectivity index (χ2n) is 6.30. The molecule has 0 saturated carbocycles. The fourth-order valence-electron chi connectivity index (χ4n) is 2.62. The molecule has 0 radical (unpaired) electrons. The van der Waals surface area contributed by atoms with Gasteiger partial charge in [0.25, 0.3) is 0 Å². The van der Waals surface area contributed by atoms with E-state index in [0.717, 1.165) is 17.5 Å². The molecule has 2 amide bonds. The summed E-state index contributed by atoms with van der Waals surface area (Å²) in [5.41, 5.74) is 1.81. The highest BCUT2D eigenvalue weighted by atomic mass is 16.2. The maximum atomic E-state index is 12.9. The Labute approximate surface area is 149 Å². The van der Waals surface area contributed by atoms with Gasteiger partial charge in [-0.1, -0.05) is 67.6 Å². The van der Waals surface area contributed by atoms with Gasteiger partial charge in [-0.2, -0.15) is 0 Å². The van der Waals surface area contributed by atoms with Gasteiger partial charge in [-0.25, -0.2) is 0 Å². The molecule has 2 rings (SSSR count). The molecule has 0 fully saturated rings. The summed E-state index contributed by atoms with van der Waals surface area (Å²) in [6.07, 6.45) is 0.850. The lowest BCUT2D eigenvalue weighted by atomic mass is 9.90. The van der Waals surface area contributed by atoms with Crippen molar-refractivity contribution in [1.29, 1.82) is 0 Å². The van der Waals surface area contributed by atoms with Crippen molar-refractivity contribution >= 4 is 11.8 Å². The van der Waals surface area contributed by atoms with Crippen LogP contribution in [0.1, 0.15) is 44.2 Å². The third kappa shape index (κ3) is 5.18. The first kappa shape index (κ1) is 18.7. The van der Waals surface area contributed by atoms with Crippen molar-refractivity contribution in [1.82, 2.24) is 10.6 Å². The van der Waals surface area contributed by atoms with Crippen LogP contribution in [0.15, 0.2) is 60.7 Å². The molecule has 0 saturated heterocycles. The molecule has 0 spiro atoms. The van der Waals surface area contributed by atoms with Gasteiger partial charge in [0.05, 0.1) is 5.92 Å². The van der Waals surface area contributed by atoms with Crippen molar-refractivity contribution in [3.63, 3.8) is 0 Å². The van der Waals surface area contributed by atoms with Gasteiger partial charge in [-0.3, -0.25) is 9.59 Å². The third-order valence-corrected chi connectivity index (χ3v) is 4.28. The largest absolute Gasteiger partial charge is 0.352 e. The van der Waals surface area contributed by atoms with Gasteiger partial charge in [0, 0.05) is 6.04 Å². The van der Waals surface area contributed by atoms with E-state index in [1.54, 1.807) is 6.92 Å². The Morgan fingerprint density at radius 1 is 0.800 bits per heavy atom. The minimum atomic E-state index is -0.587. The molecule has 0 bridgehead atoms. The highest BCUT2D eigenvalue weighted by molar-refractivity contribution is 5.92. The van der Waals surface area contributed by atoms with Gasteiger partial charge >= 0.3 is 0 Å². The summed E-state index contributed by atoms with van der Waals surface area (Å²) in [6.45, 7) is 5.67. The molecule has 4 nitrogen and oxygen atoms in total.